The zero-order valence-electron chi connectivity index (χ0n) is 10.8. The van der Waals surface area contributed by atoms with Crippen LogP contribution in [0.15, 0.2) is 0 Å². The number of aliphatic hydroxyl groups excluding tert-OH is 1. The summed E-state index contributed by atoms with van der Waals surface area (Å²) in [7, 11) is 1.92. The fourth-order valence-electron chi connectivity index (χ4n) is 1.21. The van der Waals surface area contributed by atoms with Gasteiger partial charge in [0.15, 0.2) is 0 Å². The van der Waals surface area contributed by atoms with Gasteiger partial charge < -0.3 is 10.4 Å². The molecular weight excluding hydrogens is 206 g/mol. The molecule has 0 rings (SSSR count). The highest BCUT2D eigenvalue weighted by Crippen LogP contribution is 2.21. The van der Waals surface area contributed by atoms with Gasteiger partial charge in [0.05, 0.1) is 6.61 Å². The number of nitrogens with one attached hydrogen (secondary N) is 1. The van der Waals surface area contributed by atoms with E-state index in [2.05, 4.69) is 33.0 Å². The quantitative estimate of drug-likeness (QED) is 0.632. The minimum Gasteiger partial charge on any atom is -0.394 e. The molecule has 2 unspecified atom stereocenters. The molecule has 0 aromatic heterocycles. The molecule has 0 bridgehead atoms. The molecule has 0 radical (unpaired) electrons. The molecule has 2 N–H and O–H groups in total. The first kappa shape index (κ1) is 15.3. The average Bonchev–Trinajstić information content (AvgIpc) is 2.23. The Morgan fingerprint density at radius 3 is 2.33 bits per heavy atom. The number of aliphatic hydroxyl groups is 1. The fraction of sp³-hybridized carbons (Fsp3) is 1.00. The highest BCUT2D eigenvalue weighted by Gasteiger charge is 2.19. The predicted molar refractivity (Wildman–Crippen MR) is 70.5 cm³/mol. The molecule has 0 spiro atoms. The Bertz CT molecular complexity index is 158. The Labute approximate surface area is 99.2 Å². The van der Waals surface area contributed by atoms with E-state index in [0.29, 0.717) is 0 Å². The van der Waals surface area contributed by atoms with Crippen LogP contribution in [-0.4, -0.2) is 35.3 Å². The Morgan fingerprint density at radius 2 is 1.93 bits per heavy atom. The molecule has 15 heavy (non-hydrogen) atoms. The summed E-state index contributed by atoms with van der Waals surface area (Å²) in [6, 6.07) is 0. The number of likely N-dealkylation sites (N-methyl/N-ethyl adjacent to an activating group) is 1. The van der Waals surface area contributed by atoms with Crippen molar-refractivity contribution in [2.75, 3.05) is 19.4 Å². The molecule has 0 saturated heterocycles. The smallest absolute Gasteiger partial charge is 0.0610 e. The van der Waals surface area contributed by atoms with Gasteiger partial charge in [0, 0.05) is 10.8 Å². The number of hydrogen-bond acceptors (Lipinski definition) is 3. The van der Waals surface area contributed by atoms with Crippen molar-refractivity contribution in [2.24, 2.45) is 5.92 Å². The van der Waals surface area contributed by atoms with Crippen molar-refractivity contribution in [3.8, 4) is 0 Å². The van der Waals surface area contributed by atoms with Gasteiger partial charge in [-0.1, -0.05) is 20.8 Å². The van der Waals surface area contributed by atoms with Crippen LogP contribution in [0.1, 0.15) is 40.5 Å². The molecule has 0 aromatic rings. The van der Waals surface area contributed by atoms with Gasteiger partial charge in [0.2, 0.25) is 0 Å². The standard InChI is InChI=1S/C12H27NOS/c1-10(2)11(3)15-8-6-7-12(4,9-14)13-5/h10-11,13-14H,6-9H2,1-5H3. The molecule has 0 aliphatic heterocycles. The van der Waals surface area contributed by atoms with Crippen molar-refractivity contribution < 1.29 is 5.11 Å². The van der Waals surface area contributed by atoms with Crippen LogP contribution in [0.2, 0.25) is 0 Å². The second-order valence-electron chi connectivity index (χ2n) is 4.89. The zero-order chi connectivity index (χ0) is 11.9. The van der Waals surface area contributed by atoms with Crippen molar-refractivity contribution in [1.82, 2.24) is 5.32 Å². The van der Waals surface area contributed by atoms with Gasteiger partial charge in [-0.25, -0.2) is 0 Å². The number of rotatable bonds is 8. The van der Waals surface area contributed by atoms with Crippen molar-refractivity contribution in [2.45, 2.75) is 51.3 Å². The maximum absolute atomic E-state index is 9.21. The summed E-state index contributed by atoms with van der Waals surface area (Å²) in [5.41, 5.74) is -0.0956. The van der Waals surface area contributed by atoms with Crippen molar-refractivity contribution in [1.29, 1.82) is 0 Å². The summed E-state index contributed by atoms with van der Waals surface area (Å²) in [5.74, 6) is 1.94. The molecule has 0 aromatic carbocycles. The molecule has 0 aliphatic rings. The van der Waals surface area contributed by atoms with Crippen molar-refractivity contribution >= 4 is 11.8 Å². The molecule has 0 aliphatic carbocycles. The Morgan fingerprint density at radius 1 is 1.33 bits per heavy atom. The zero-order valence-corrected chi connectivity index (χ0v) is 11.7. The van der Waals surface area contributed by atoms with Gasteiger partial charge >= 0.3 is 0 Å². The summed E-state index contributed by atoms with van der Waals surface area (Å²) < 4.78 is 0. The third kappa shape index (κ3) is 6.44. The van der Waals surface area contributed by atoms with E-state index in [1.807, 2.05) is 18.8 Å². The van der Waals surface area contributed by atoms with Crippen molar-refractivity contribution in [3.63, 3.8) is 0 Å². The first-order valence-electron chi connectivity index (χ1n) is 5.86. The maximum atomic E-state index is 9.21. The third-order valence-electron chi connectivity index (χ3n) is 3.14. The maximum Gasteiger partial charge on any atom is 0.0610 e. The topological polar surface area (TPSA) is 32.3 Å². The largest absolute Gasteiger partial charge is 0.394 e. The predicted octanol–water partition coefficient (Wildman–Crippen LogP) is 2.51. The van der Waals surface area contributed by atoms with E-state index in [1.54, 1.807) is 0 Å². The second kappa shape index (κ2) is 7.53. The van der Waals surface area contributed by atoms with Gasteiger partial charge in [0.1, 0.15) is 0 Å². The summed E-state index contributed by atoms with van der Waals surface area (Å²) in [6.45, 7) is 9.11. The number of thioether (sulfide) groups is 1. The molecule has 0 fully saturated rings. The van der Waals surface area contributed by atoms with Crippen LogP contribution in [0.5, 0.6) is 0 Å². The van der Waals surface area contributed by atoms with E-state index < -0.39 is 0 Å². The Hall–Kier alpha value is 0.270. The summed E-state index contributed by atoms with van der Waals surface area (Å²) in [6.07, 6.45) is 2.21. The van der Waals surface area contributed by atoms with Gasteiger partial charge in [-0.2, -0.15) is 11.8 Å². The summed E-state index contributed by atoms with van der Waals surface area (Å²) in [5, 5.41) is 13.1. The lowest BCUT2D eigenvalue weighted by Crippen LogP contribution is -2.43. The van der Waals surface area contributed by atoms with Crippen LogP contribution in [0.25, 0.3) is 0 Å². The molecule has 2 atom stereocenters. The highest BCUT2D eigenvalue weighted by atomic mass is 32.2. The van der Waals surface area contributed by atoms with E-state index >= 15 is 0 Å². The van der Waals surface area contributed by atoms with E-state index in [0.717, 1.165) is 17.6 Å². The van der Waals surface area contributed by atoms with E-state index in [9.17, 15) is 5.11 Å². The average molecular weight is 233 g/mol. The Balaban J connectivity index is 3.62. The normalized spacial score (nSPS) is 17.8. The molecule has 0 saturated carbocycles. The van der Waals surface area contributed by atoms with Crippen LogP contribution in [0.4, 0.5) is 0 Å². The van der Waals surface area contributed by atoms with Crippen LogP contribution in [0, 0.1) is 5.92 Å². The van der Waals surface area contributed by atoms with E-state index in [-0.39, 0.29) is 12.1 Å². The first-order chi connectivity index (χ1) is 6.95. The molecule has 2 nitrogen and oxygen atoms in total. The molecule has 0 heterocycles. The molecular formula is C12H27NOS. The van der Waals surface area contributed by atoms with Gasteiger partial charge in [-0.15, -0.1) is 0 Å². The van der Waals surface area contributed by atoms with Crippen LogP contribution >= 0.6 is 11.8 Å². The van der Waals surface area contributed by atoms with Crippen LogP contribution in [0.3, 0.4) is 0 Å². The summed E-state index contributed by atoms with van der Waals surface area (Å²) in [4.78, 5) is 0. The lowest BCUT2D eigenvalue weighted by molar-refractivity contribution is 0.173. The Kier molecular flexibility index (Phi) is 7.66. The SMILES string of the molecule is CNC(C)(CO)CCCSC(C)C(C)C. The van der Waals surface area contributed by atoms with Gasteiger partial charge in [0.25, 0.3) is 0 Å². The van der Waals surface area contributed by atoms with E-state index in [4.69, 9.17) is 0 Å². The minimum atomic E-state index is -0.0956. The van der Waals surface area contributed by atoms with Crippen LogP contribution in [-0.2, 0) is 0 Å². The minimum absolute atomic E-state index is 0.0956. The van der Waals surface area contributed by atoms with E-state index in [1.165, 1.54) is 12.2 Å². The molecule has 0 amide bonds. The lowest BCUT2D eigenvalue weighted by Gasteiger charge is -2.27. The van der Waals surface area contributed by atoms with Gasteiger partial charge in [-0.3, -0.25) is 0 Å². The molecule has 3 heteroatoms. The van der Waals surface area contributed by atoms with Gasteiger partial charge in [-0.05, 0) is 38.5 Å². The summed E-state index contributed by atoms with van der Waals surface area (Å²) >= 11 is 2.04. The van der Waals surface area contributed by atoms with Crippen molar-refractivity contribution in [3.05, 3.63) is 0 Å². The lowest BCUT2D eigenvalue weighted by atomic mass is 9.98. The fourth-order valence-corrected chi connectivity index (χ4v) is 2.27. The third-order valence-corrected chi connectivity index (χ3v) is 4.74. The first-order valence-corrected chi connectivity index (χ1v) is 6.91. The monoisotopic (exact) mass is 233 g/mol. The molecule has 92 valence electrons. The second-order valence-corrected chi connectivity index (χ2v) is 6.38. The van der Waals surface area contributed by atoms with Crippen LogP contribution < -0.4 is 5.32 Å². The number of hydrogen-bond donors (Lipinski definition) is 2. The highest BCUT2D eigenvalue weighted by molar-refractivity contribution is 7.99.